The Morgan fingerprint density at radius 3 is 2.76 bits per heavy atom. The molecule has 2 aromatic heterocycles. The van der Waals surface area contributed by atoms with E-state index in [0.717, 1.165) is 35.6 Å². The molecule has 9 heteroatoms. The van der Waals surface area contributed by atoms with Crippen LogP contribution in [0, 0.1) is 0 Å². The quantitative estimate of drug-likeness (QED) is 0.776. The second kappa shape index (κ2) is 6.55. The Morgan fingerprint density at radius 2 is 2.08 bits per heavy atom. The normalized spacial score (nSPS) is 14.8. The van der Waals surface area contributed by atoms with Gasteiger partial charge in [0.25, 0.3) is 0 Å². The Balaban J connectivity index is 1.68. The fourth-order valence-corrected chi connectivity index (χ4v) is 3.48. The predicted octanol–water partition coefficient (Wildman–Crippen LogP) is 1.48. The van der Waals surface area contributed by atoms with Crippen LogP contribution in [0.25, 0.3) is 0 Å². The third-order valence-electron chi connectivity index (χ3n) is 4.15. The van der Waals surface area contributed by atoms with E-state index in [1.165, 1.54) is 0 Å². The maximum Gasteiger partial charge on any atom is 0.315 e. The van der Waals surface area contributed by atoms with Crippen molar-refractivity contribution in [2.24, 2.45) is 7.05 Å². The highest BCUT2D eigenvalue weighted by Crippen LogP contribution is 2.23. The van der Waals surface area contributed by atoms with Gasteiger partial charge in [-0.25, -0.2) is 4.98 Å². The maximum absolute atomic E-state index is 12.5. The first-order valence-electron chi connectivity index (χ1n) is 8.20. The summed E-state index contributed by atoms with van der Waals surface area (Å²) in [6.07, 6.45) is 3.42. The third kappa shape index (κ3) is 3.71. The average Bonchev–Trinajstić information content (AvgIpc) is 3.07. The molecule has 3 heterocycles. The van der Waals surface area contributed by atoms with Gasteiger partial charge in [0.15, 0.2) is 0 Å². The predicted molar refractivity (Wildman–Crippen MR) is 94.2 cm³/mol. The van der Waals surface area contributed by atoms with Crippen LogP contribution in [0.15, 0.2) is 6.20 Å². The molecule has 0 radical (unpaired) electrons. The summed E-state index contributed by atoms with van der Waals surface area (Å²) in [4.78, 5) is 30.7. The molecule has 0 fully saturated rings. The number of carbonyl (C=O) groups excluding carboxylic acids is 2. The van der Waals surface area contributed by atoms with Gasteiger partial charge in [-0.3, -0.25) is 19.6 Å². The first-order valence-corrected chi connectivity index (χ1v) is 8.97. The summed E-state index contributed by atoms with van der Waals surface area (Å²) in [5.74, 6) is -0.580. The van der Waals surface area contributed by atoms with E-state index in [-0.39, 0.29) is 5.41 Å². The number of nitrogens with one attached hydrogen (secondary N) is 1. The van der Waals surface area contributed by atoms with Crippen LogP contribution < -0.4 is 5.32 Å². The van der Waals surface area contributed by atoms with Gasteiger partial charge in [-0.1, -0.05) is 20.8 Å². The molecule has 2 amide bonds. The van der Waals surface area contributed by atoms with Crippen molar-refractivity contribution in [2.45, 2.75) is 45.6 Å². The minimum absolute atomic E-state index is 0.203. The van der Waals surface area contributed by atoms with Crippen molar-refractivity contribution in [2.75, 3.05) is 11.9 Å². The second-order valence-corrected chi connectivity index (χ2v) is 7.95. The second-order valence-electron chi connectivity index (χ2n) is 7.20. The zero-order chi connectivity index (χ0) is 18.2. The number of nitrogens with zero attached hydrogens (tertiary/aromatic N) is 5. The minimum Gasteiger partial charge on any atom is -0.330 e. The van der Waals surface area contributed by atoms with Crippen molar-refractivity contribution in [1.29, 1.82) is 0 Å². The van der Waals surface area contributed by atoms with E-state index in [2.05, 4.69) is 19.8 Å². The van der Waals surface area contributed by atoms with Gasteiger partial charge in [0.05, 0.1) is 6.20 Å². The summed E-state index contributed by atoms with van der Waals surface area (Å²) in [6.45, 7) is 6.93. The number of carbonyl (C=O) groups is 2. The van der Waals surface area contributed by atoms with Crippen LogP contribution in [0.1, 0.15) is 44.3 Å². The van der Waals surface area contributed by atoms with Crippen molar-refractivity contribution < 1.29 is 9.59 Å². The lowest BCUT2D eigenvalue weighted by Gasteiger charge is -2.19. The third-order valence-corrected chi connectivity index (χ3v) is 4.78. The van der Waals surface area contributed by atoms with Crippen LogP contribution >= 0.6 is 11.5 Å². The fourth-order valence-electron chi connectivity index (χ4n) is 2.73. The number of rotatable bonds is 1. The number of hydrogen-bond acceptors (Lipinski definition) is 6. The van der Waals surface area contributed by atoms with Gasteiger partial charge in [0.2, 0.25) is 5.13 Å². The Morgan fingerprint density at radius 1 is 1.32 bits per heavy atom. The van der Waals surface area contributed by atoms with E-state index in [4.69, 9.17) is 0 Å². The minimum atomic E-state index is -0.677. The highest BCUT2D eigenvalue weighted by atomic mass is 32.1. The van der Waals surface area contributed by atoms with Gasteiger partial charge >= 0.3 is 11.8 Å². The lowest BCUT2D eigenvalue weighted by molar-refractivity contribution is -0.143. The van der Waals surface area contributed by atoms with E-state index in [1.807, 2.05) is 32.5 Å². The molecule has 0 aromatic carbocycles. The lowest BCUT2D eigenvalue weighted by atomic mass is 9.96. The van der Waals surface area contributed by atoms with Crippen LogP contribution in [-0.2, 0) is 35.0 Å². The zero-order valence-electron chi connectivity index (χ0n) is 14.9. The fraction of sp³-hybridized carbons (Fsp3) is 0.562. The van der Waals surface area contributed by atoms with E-state index < -0.39 is 11.8 Å². The topological polar surface area (TPSA) is 93.0 Å². The Hall–Kier alpha value is -2.29. The SMILES string of the molecule is Cn1ncc2c1CCCN(C(=O)C(=O)Nc1nc(C(C)(C)C)ns1)C2. The number of aromatic nitrogens is 4. The Labute approximate surface area is 150 Å². The van der Waals surface area contributed by atoms with Crippen LogP contribution in [-0.4, -0.2) is 42.4 Å². The molecule has 0 atom stereocenters. The molecule has 1 N–H and O–H groups in total. The monoisotopic (exact) mass is 362 g/mol. The molecule has 1 aliphatic rings. The van der Waals surface area contributed by atoms with Gasteiger partial charge in [-0.05, 0) is 12.8 Å². The first-order chi connectivity index (χ1) is 11.8. The van der Waals surface area contributed by atoms with Gasteiger partial charge in [0.1, 0.15) is 5.82 Å². The summed E-state index contributed by atoms with van der Waals surface area (Å²) in [5, 5.41) is 7.16. The van der Waals surface area contributed by atoms with Crippen molar-refractivity contribution >= 4 is 28.5 Å². The summed E-state index contributed by atoms with van der Waals surface area (Å²) in [5.41, 5.74) is 1.91. The molecule has 0 bridgehead atoms. The number of aryl methyl sites for hydroxylation is 1. The summed E-state index contributed by atoms with van der Waals surface area (Å²) in [7, 11) is 1.89. The van der Waals surface area contributed by atoms with E-state index in [9.17, 15) is 9.59 Å². The molecule has 134 valence electrons. The molecule has 0 unspecified atom stereocenters. The number of fused-ring (bicyclic) bond motifs is 1. The Bertz CT molecular complexity index is 804. The highest BCUT2D eigenvalue weighted by Gasteiger charge is 2.27. The molecule has 0 saturated carbocycles. The Kier molecular flexibility index (Phi) is 4.59. The first kappa shape index (κ1) is 17.5. The van der Waals surface area contributed by atoms with Crippen molar-refractivity contribution in [3.8, 4) is 0 Å². The summed E-state index contributed by atoms with van der Waals surface area (Å²) < 4.78 is 6.07. The van der Waals surface area contributed by atoms with E-state index in [0.29, 0.717) is 24.0 Å². The molecule has 2 aromatic rings. The lowest BCUT2D eigenvalue weighted by Crippen LogP contribution is -2.39. The van der Waals surface area contributed by atoms with Crippen molar-refractivity contribution in [3.63, 3.8) is 0 Å². The largest absolute Gasteiger partial charge is 0.330 e. The van der Waals surface area contributed by atoms with Crippen LogP contribution in [0.2, 0.25) is 0 Å². The van der Waals surface area contributed by atoms with Crippen LogP contribution in [0.3, 0.4) is 0 Å². The number of hydrogen-bond donors (Lipinski definition) is 1. The van der Waals surface area contributed by atoms with Gasteiger partial charge < -0.3 is 4.90 Å². The zero-order valence-corrected chi connectivity index (χ0v) is 15.7. The standard InChI is InChI=1S/C16H22N6O2S/c1-16(2,3)14-19-15(25-20-14)18-12(23)13(24)22-7-5-6-11-10(9-22)8-17-21(11)4/h8H,5-7,9H2,1-4H3,(H,18,19,20,23). The molecule has 1 aliphatic heterocycles. The summed E-state index contributed by atoms with van der Waals surface area (Å²) in [6, 6.07) is 0. The van der Waals surface area contributed by atoms with E-state index >= 15 is 0 Å². The molecule has 3 rings (SSSR count). The smallest absolute Gasteiger partial charge is 0.315 e. The van der Waals surface area contributed by atoms with Gasteiger partial charge in [-0.15, -0.1) is 0 Å². The highest BCUT2D eigenvalue weighted by molar-refractivity contribution is 7.10. The molecular formula is C16H22N6O2S. The molecule has 0 saturated heterocycles. The molecule has 25 heavy (non-hydrogen) atoms. The average molecular weight is 362 g/mol. The van der Waals surface area contributed by atoms with Crippen molar-refractivity contribution in [1.82, 2.24) is 24.0 Å². The number of anilines is 1. The van der Waals surface area contributed by atoms with Gasteiger partial charge in [-0.2, -0.15) is 9.47 Å². The van der Waals surface area contributed by atoms with Gasteiger partial charge in [0, 0.05) is 48.3 Å². The summed E-state index contributed by atoms with van der Waals surface area (Å²) >= 11 is 1.09. The van der Waals surface area contributed by atoms with E-state index in [1.54, 1.807) is 11.1 Å². The number of amides is 2. The molecule has 8 nitrogen and oxygen atoms in total. The van der Waals surface area contributed by atoms with Crippen molar-refractivity contribution in [3.05, 3.63) is 23.3 Å². The van der Waals surface area contributed by atoms with Crippen LogP contribution in [0.4, 0.5) is 5.13 Å². The molecular weight excluding hydrogens is 340 g/mol. The molecule has 0 spiro atoms. The van der Waals surface area contributed by atoms with Crippen LogP contribution in [0.5, 0.6) is 0 Å². The maximum atomic E-state index is 12.5. The molecule has 0 aliphatic carbocycles.